The van der Waals surface area contributed by atoms with Crippen LogP contribution in [0.1, 0.15) is 18.4 Å². The first-order valence-corrected chi connectivity index (χ1v) is 7.04. The van der Waals surface area contributed by atoms with Crippen molar-refractivity contribution in [3.63, 3.8) is 0 Å². The van der Waals surface area contributed by atoms with Gasteiger partial charge in [-0.05, 0) is 31.5 Å². The number of carbonyl (C=O) groups is 1. The molecule has 1 aliphatic heterocycles. The van der Waals surface area contributed by atoms with E-state index in [9.17, 15) is 9.18 Å². The number of nitrogens with two attached hydrogens (primary N) is 1. The van der Waals surface area contributed by atoms with Crippen LogP contribution < -0.4 is 10.6 Å². The van der Waals surface area contributed by atoms with Crippen LogP contribution >= 0.6 is 0 Å². The average molecular weight is 284 g/mol. The summed E-state index contributed by atoms with van der Waals surface area (Å²) < 4.78 is 14.7. The molecule has 0 bridgehead atoms. The highest BCUT2D eigenvalue weighted by molar-refractivity contribution is 5.96. The number of nitrogen functional groups attached to an aromatic ring is 1. The summed E-state index contributed by atoms with van der Waals surface area (Å²) in [5.74, 6) is -0.255. The predicted molar refractivity (Wildman–Crippen MR) is 82.6 cm³/mol. The van der Waals surface area contributed by atoms with Crippen LogP contribution in [-0.2, 0) is 4.79 Å². The second kappa shape index (κ2) is 5.20. The van der Waals surface area contributed by atoms with Crippen LogP contribution in [0.25, 0.3) is 11.1 Å². The van der Waals surface area contributed by atoms with Crippen molar-refractivity contribution in [2.45, 2.75) is 19.8 Å². The smallest absolute Gasteiger partial charge is 0.227 e. The van der Waals surface area contributed by atoms with Gasteiger partial charge in [-0.3, -0.25) is 4.79 Å². The van der Waals surface area contributed by atoms with Gasteiger partial charge < -0.3 is 10.6 Å². The number of rotatable bonds is 2. The van der Waals surface area contributed by atoms with E-state index in [1.165, 1.54) is 0 Å². The summed E-state index contributed by atoms with van der Waals surface area (Å²) in [6.07, 6.45) is 1.36. The minimum atomic E-state index is -0.315. The molecule has 0 saturated carbocycles. The highest BCUT2D eigenvalue weighted by Crippen LogP contribution is 2.34. The maximum absolute atomic E-state index is 14.7. The lowest BCUT2D eigenvalue weighted by Gasteiger charge is -2.20. The van der Waals surface area contributed by atoms with E-state index >= 15 is 0 Å². The molecule has 0 aliphatic carbocycles. The van der Waals surface area contributed by atoms with Crippen LogP contribution in [0.2, 0.25) is 0 Å². The van der Waals surface area contributed by atoms with Crippen molar-refractivity contribution in [2.75, 3.05) is 17.2 Å². The largest absolute Gasteiger partial charge is 0.398 e. The maximum Gasteiger partial charge on any atom is 0.227 e. The summed E-state index contributed by atoms with van der Waals surface area (Å²) in [7, 11) is 0. The van der Waals surface area contributed by atoms with Crippen molar-refractivity contribution >= 4 is 17.3 Å². The molecule has 2 aromatic rings. The summed E-state index contributed by atoms with van der Waals surface area (Å²) in [6, 6.07) is 10.7. The first-order chi connectivity index (χ1) is 10.1. The second-order valence-electron chi connectivity index (χ2n) is 5.31. The number of anilines is 2. The SMILES string of the molecule is Cc1c(N2CCCC2=O)ccc(-c2ccccc2N)c1F. The van der Waals surface area contributed by atoms with Crippen molar-refractivity contribution < 1.29 is 9.18 Å². The van der Waals surface area contributed by atoms with E-state index in [1.54, 1.807) is 30.0 Å². The molecule has 1 fully saturated rings. The van der Waals surface area contributed by atoms with E-state index in [0.29, 0.717) is 41.0 Å². The van der Waals surface area contributed by atoms with E-state index in [1.807, 2.05) is 18.2 Å². The normalized spacial score (nSPS) is 14.8. The third-order valence-electron chi connectivity index (χ3n) is 3.97. The van der Waals surface area contributed by atoms with E-state index in [2.05, 4.69) is 0 Å². The van der Waals surface area contributed by atoms with Gasteiger partial charge in [-0.25, -0.2) is 4.39 Å². The van der Waals surface area contributed by atoms with E-state index in [4.69, 9.17) is 5.73 Å². The maximum atomic E-state index is 14.7. The first-order valence-electron chi connectivity index (χ1n) is 7.04. The van der Waals surface area contributed by atoms with Gasteiger partial charge in [0.25, 0.3) is 0 Å². The molecule has 0 spiro atoms. The van der Waals surface area contributed by atoms with Crippen molar-refractivity contribution in [2.24, 2.45) is 0 Å². The molecule has 1 saturated heterocycles. The number of halogens is 1. The molecule has 1 aliphatic rings. The number of para-hydroxylation sites is 1. The van der Waals surface area contributed by atoms with Crippen molar-refractivity contribution in [1.82, 2.24) is 0 Å². The Hall–Kier alpha value is -2.36. The highest BCUT2D eigenvalue weighted by Gasteiger charge is 2.25. The van der Waals surface area contributed by atoms with Gasteiger partial charge in [0.2, 0.25) is 5.91 Å². The van der Waals surface area contributed by atoms with Crippen molar-refractivity contribution in [3.05, 3.63) is 47.8 Å². The monoisotopic (exact) mass is 284 g/mol. The Kier molecular flexibility index (Phi) is 3.37. The van der Waals surface area contributed by atoms with E-state index < -0.39 is 0 Å². The minimum Gasteiger partial charge on any atom is -0.398 e. The van der Waals surface area contributed by atoms with Gasteiger partial charge in [-0.1, -0.05) is 18.2 Å². The fourth-order valence-corrected chi connectivity index (χ4v) is 2.82. The molecule has 0 atom stereocenters. The highest BCUT2D eigenvalue weighted by atomic mass is 19.1. The molecule has 1 amide bonds. The molecule has 21 heavy (non-hydrogen) atoms. The molecule has 2 aromatic carbocycles. The number of amides is 1. The number of carbonyl (C=O) groups excluding carboxylic acids is 1. The average Bonchev–Trinajstić information content (AvgIpc) is 2.89. The lowest BCUT2D eigenvalue weighted by atomic mass is 9.99. The van der Waals surface area contributed by atoms with Gasteiger partial charge in [0, 0.05) is 41.0 Å². The number of benzene rings is 2. The van der Waals surface area contributed by atoms with Gasteiger partial charge in [0.05, 0.1) is 0 Å². The first kappa shape index (κ1) is 13.6. The molecule has 1 heterocycles. The van der Waals surface area contributed by atoms with Crippen LogP contribution in [0.15, 0.2) is 36.4 Å². The fourth-order valence-electron chi connectivity index (χ4n) is 2.82. The summed E-state index contributed by atoms with van der Waals surface area (Å²) in [5.41, 5.74) is 8.77. The molecule has 0 aromatic heterocycles. The Labute approximate surface area is 123 Å². The fraction of sp³-hybridized carbons (Fsp3) is 0.235. The van der Waals surface area contributed by atoms with Crippen LogP contribution in [-0.4, -0.2) is 12.5 Å². The van der Waals surface area contributed by atoms with Gasteiger partial charge >= 0.3 is 0 Å². The molecular formula is C17H17FN2O. The van der Waals surface area contributed by atoms with Gasteiger partial charge in [0.15, 0.2) is 0 Å². The minimum absolute atomic E-state index is 0.0597. The summed E-state index contributed by atoms with van der Waals surface area (Å²) in [5, 5.41) is 0. The molecule has 3 nitrogen and oxygen atoms in total. The summed E-state index contributed by atoms with van der Waals surface area (Å²) in [4.78, 5) is 13.5. The Morgan fingerprint density at radius 1 is 1.14 bits per heavy atom. The third kappa shape index (κ3) is 2.27. The van der Waals surface area contributed by atoms with Crippen LogP contribution in [0.4, 0.5) is 15.8 Å². The number of hydrogen-bond donors (Lipinski definition) is 1. The van der Waals surface area contributed by atoms with Crippen molar-refractivity contribution in [3.8, 4) is 11.1 Å². The van der Waals surface area contributed by atoms with E-state index in [-0.39, 0.29) is 11.7 Å². The molecular weight excluding hydrogens is 267 g/mol. The van der Waals surface area contributed by atoms with Gasteiger partial charge in [-0.2, -0.15) is 0 Å². The zero-order chi connectivity index (χ0) is 15.0. The predicted octanol–water partition coefficient (Wildman–Crippen LogP) is 3.51. The second-order valence-corrected chi connectivity index (χ2v) is 5.31. The molecule has 2 N–H and O–H groups in total. The summed E-state index contributed by atoms with van der Waals surface area (Å²) >= 11 is 0. The number of hydrogen-bond acceptors (Lipinski definition) is 2. The molecule has 3 rings (SSSR count). The number of nitrogens with zero attached hydrogens (tertiary/aromatic N) is 1. The zero-order valence-electron chi connectivity index (χ0n) is 11.9. The van der Waals surface area contributed by atoms with Crippen molar-refractivity contribution in [1.29, 1.82) is 0 Å². The molecule has 0 unspecified atom stereocenters. The quantitative estimate of drug-likeness (QED) is 0.858. The van der Waals surface area contributed by atoms with Gasteiger partial charge in [-0.15, -0.1) is 0 Å². The molecule has 108 valence electrons. The standard InChI is InChI=1S/C17H17FN2O/c1-11-15(20-10-4-7-16(20)21)9-8-13(17(11)18)12-5-2-3-6-14(12)19/h2-3,5-6,8-9H,4,7,10,19H2,1H3. The topological polar surface area (TPSA) is 46.3 Å². The Bertz CT molecular complexity index is 712. The zero-order valence-corrected chi connectivity index (χ0v) is 11.9. The Morgan fingerprint density at radius 2 is 1.90 bits per heavy atom. The van der Waals surface area contributed by atoms with Crippen LogP contribution in [0.5, 0.6) is 0 Å². The summed E-state index contributed by atoms with van der Waals surface area (Å²) in [6.45, 7) is 2.37. The third-order valence-corrected chi connectivity index (χ3v) is 3.97. The lowest BCUT2D eigenvalue weighted by Crippen LogP contribution is -2.24. The lowest BCUT2D eigenvalue weighted by molar-refractivity contribution is -0.117. The Morgan fingerprint density at radius 3 is 2.57 bits per heavy atom. The van der Waals surface area contributed by atoms with E-state index in [0.717, 1.165) is 6.42 Å². The molecule has 0 radical (unpaired) electrons. The van der Waals surface area contributed by atoms with Crippen LogP contribution in [0, 0.1) is 12.7 Å². The van der Waals surface area contributed by atoms with Gasteiger partial charge in [0.1, 0.15) is 5.82 Å². The Balaban J connectivity index is 2.09. The molecule has 4 heteroatoms. The van der Waals surface area contributed by atoms with Crippen LogP contribution in [0.3, 0.4) is 0 Å².